The highest BCUT2D eigenvalue weighted by Crippen LogP contribution is 2.22. The standard InChI is InChI=1S/C15H24N2O6S/c1-9(18)24-8-10-5-12(19)17(6-10)7-11(13(20)21)16-14(22)23-15(2,3)4/h10-11H,5-8H2,1-4H3,(H,16,22)(H,20,21). The summed E-state index contributed by atoms with van der Waals surface area (Å²) in [5.74, 6) is -0.895. The summed E-state index contributed by atoms with van der Waals surface area (Å²) in [4.78, 5) is 47.5. The molecular weight excluding hydrogens is 336 g/mol. The summed E-state index contributed by atoms with van der Waals surface area (Å²) in [6, 6.07) is -1.25. The molecule has 0 aromatic carbocycles. The number of likely N-dealkylation sites (tertiary alicyclic amines) is 1. The highest BCUT2D eigenvalue weighted by atomic mass is 32.2. The monoisotopic (exact) mass is 360 g/mol. The predicted octanol–water partition coefficient (Wildman–Crippen LogP) is 1.09. The Bertz CT molecular complexity index is 517. The van der Waals surface area contributed by atoms with E-state index in [1.165, 1.54) is 11.8 Å². The van der Waals surface area contributed by atoms with Gasteiger partial charge in [-0.2, -0.15) is 0 Å². The van der Waals surface area contributed by atoms with Gasteiger partial charge in [0.15, 0.2) is 5.12 Å². The number of hydrogen-bond donors (Lipinski definition) is 2. The van der Waals surface area contributed by atoms with Crippen molar-refractivity contribution < 1.29 is 29.0 Å². The van der Waals surface area contributed by atoms with Gasteiger partial charge in [-0.1, -0.05) is 11.8 Å². The summed E-state index contributed by atoms with van der Waals surface area (Å²) in [6.45, 7) is 6.72. The normalized spacial score (nSPS) is 19.1. The maximum Gasteiger partial charge on any atom is 0.408 e. The number of amides is 2. The molecule has 0 aliphatic carbocycles. The SMILES string of the molecule is CC(=O)SCC1CC(=O)N(CC(NC(=O)OC(C)(C)C)C(=O)O)C1. The van der Waals surface area contributed by atoms with Crippen LogP contribution in [0.25, 0.3) is 0 Å². The van der Waals surface area contributed by atoms with Crippen molar-refractivity contribution in [2.24, 2.45) is 5.92 Å². The van der Waals surface area contributed by atoms with Crippen LogP contribution in [-0.2, 0) is 19.1 Å². The molecule has 0 saturated carbocycles. The Balaban J connectivity index is 2.59. The Hall–Kier alpha value is -1.77. The second-order valence-corrected chi connectivity index (χ2v) is 7.91. The van der Waals surface area contributed by atoms with E-state index in [9.17, 15) is 24.3 Å². The number of ether oxygens (including phenoxy) is 1. The molecule has 9 heteroatoms. The average Bonchev–Trinajstić information content (AvgIpc) is 2.74. The topological polar surface area (TPSA) is 113 Å². The van der Waals surface area contributed by atoms with Crippen molar-refractivity contribution in [3.8, 4) is 0 Å². The molecule has 2 N–H and O–H groups in total. The van der Waals surface area contributed by atoms with Crippen LogP contribution in [0.1, 0.15) is 34.1 Å². The second-order valence-electron chi connectivity index (χ2n) is 6.71. The Morgan fingerprint density at radius 3 is 2.54 bits per heavy atom. The molecule has 2 atom stereocenters. The fourth-order valence-corrected chi connectivity index (χ4v) is 2.93. The molecule has 0 aromatic heterocycles. The van der Waals surface area contributed by atoms with Gasteiger partial charge < -0.3 is 20.1 Å². The molecule has 136 valence electrons. The molecule has 1 heterocycles. The molecule has 2 unspecified atom stereocenters. The predicted molar refractivity (Wildman–Crippen MR) is 88.6 cm³/mol. The third-order valence-electron chi connectivity index (χ3n) is 3.21. The Kier molecular flexibility index (Phi) is 7.07. The van der Waals surface area contributed by atoms with Crippen molar-refractivity contribution >= 4 is 34.8 Å². The summed E-state index contributed by atoms with van der Waals surface area (Å²) < 4.78 is 5.04. The Morgan fingerprint density at radius 2 is 2.04 bits per heavy atom. The summed E-state index contributed by atoms with van der Waals surface area (Å²) in [5.41, 5.74) is -0.744. The summed E-state index contributed by atoms with van der Waals surface area (Å²) in [6.07, 6.45) is -0.566. The number of rotatable bonds is 6. The van der Waals surface area contributed by atoms with Crippen LogP contribution in [0, 0.1) is 5.92 Å². The van der Waals surface area contributed by atoms with E-state index < -0.39 is 23.7 Å². The minimum absolute atomic E-state index is 0.00220. The molecular formula is C15H24N2O6S. The zero-order chi connectivity index (χ0) is 18.5. The number of carboxylic acids is 1. The van der Waals surface area contributed by atoms with Crippen LogP contribution in [0.4, 0.5) is 4.79 Å². The van der Waals surface area contributed by atoms with Gasteiger partial charge in [0.05, 0.1) is 6.54 Å². The quantitative estimate of drug-likeness (QED) is 0.729. The van der Waals surface area contributed by atoms with E-state index in [1.807, 2.05) is 0 Å². The van der Waals surface area contributed by atoms with E-state index >= 15 is 0 Å². The van der Waals surface area contributed by atoms with Crippen LogP contribution in [0.3, 0.4) is 0 Å². The number of alkyl carbamates (subject to hydrolysis) is 1. The molecule has 24 heavy (non-hydrogen) atoms. The summed E-state index contributed by atoms with van der Waals surface area (Å²) in [5, 5.41) is 11.5. The molecule has 0 aromatic rings. The van der Waals surface area contributed by atoms with E-state index in [0.29, 0.717) is 12.3 Å². The Morgan fingerprint density at radius 1 is 1.42 bits per heavy atom. The number of carbonyl (C=O) groups excluding carboxylic acids is 3. The van der Waals surface area contributed by atoms with Gasteiger partial charge in [0.2, 0.25) is 5.91 Å². The maximum absolute atomic E-state index is 12.0. The van der Waals surface area contributed by atoms with Crippen LogP contribution in [0.15, 0.2) is 0 Å². The van der Waals surface area contributed by atoms with Gasteiger partial charge in [0.1, 0.15) is 11.6 Å². The zero-order valence-corrected chi connectivity index (χ0v) is 15.1. The van der Waals surface area contributed by atoms with E-state index in [-0.39, 0.29) is 29.9 Å². The number of nitrogens with one attached hydrogen (secondary N) is 1. The first kappa shape index (κ1) is 20.3. The van der Waals surface area contributed by atoms with Gasteiger partial charge >= 0.3 is 12.1 Å². The third-order valence-corrected chi connectivity index (χ3v) is 4.25. The lowest BCUT2D eigenvalue weighted by Crippen LogP contribution is -2.50. The van der Waals surface area contributed by atoms with Gasteiger partial charge in [-0.25, -0.2) is 9.59 Å². The van der Waals surface area contributed by atoms with Crippen LogP contribution in [-0.4, -0.2) is 63.6 Å². The lowest BCUT2D eigenvalue weighted by atomic mass is 10.1. The van der Waals surface area contributed by atoms with E-state index in [0.717, 1.165) is 11.8 Å². The number of aliphatic carboxylic acids is 1. The smallest absolute Gasteiger partial charge is 0.408 e. The van der Waals surface area contributed by atoms with E-state index in [1.54, 1.807) is 20.8 Å². The minimum Gasteiger partial charge on any atom is -0.480 e. The van der Waals surface area contributed by atoms with E-state index in [2.05, 4.69) is 5.32 Å². The van der Waals surface area contributed by atoms with Gasteiger partial charge in [0.25, 0.3) is 0 Å². The molecule has 1 aliphatic heterocycles. The first-order chi connectivity index (χ1) is 11.0. The van der Waals surface area contributed by atoms with Crippen LogP contribution in [0.5, 0.6) is 0 Å². The summed E-state index contributed by atoms with van der Waals surface area (Å²) in [7, 11) is 0. The molecule has 1 rings (SSSR count). The lowest BCUT2D eigenvalue weighted by molar-refractivity contribution is -0.140. The number of nitrogens with zero attached hydrogens (tertiary/aromatic N) is 1. The number of carbonyl (C=O) groups is 4. The van der Waals surface area contributed by atoms with Crippen molar-refractivity contribution in [1.82, 2.24) is 10.2 Å². The Labute approximate surface area is 145 Å². The largest absolute Gasteiger partial charge is 0.480 e. The molecule has 8 nitrogen and oxygen atoms in total. The maximum atomic E-state index is 12.0. The van der Waals surface area contributed by atoms with Crippen LogP contribution in [0.2, 0.25) is 0 Å². The van der Waals surface area contributed by atoms with Gasteiger partial charge in [-0.05, 0) is 26.7 Å². The van der Waals surface area contributed by atoms with Crippen molar-refractivity contribution in [3.05, 3.63) is 0 Å². The summed E-state index contributed by atoms with van der Waals surface area (Å²) >= 11 is 1.15. The molecule has 0 radical (unpaired) electrons. The molecule has 0 bridgehead atoms. The number of hydrogen-bond acceptors (Lipinski definition) is 6. The van der Waals surface area contributed by atoms with Gasteiger partial charge in [0, 0.05) is 25.6 Å². The second kappa shape index (κ2) is 8.36. The van der Waals surface area contributed by atoms with Crippen LogP contribution < -0.4 is 5.32 Å². The van der Waals surface area contributed by atoms with Crippen molar-refractivity contribution in [3.63, 3.8) is 0 Å². The molecule has 1 fully saturated rings. The third kappa shape index (κ3) is 7.20. The van der Waals surface area contributed by atoms with Crippen molar-refractivity contribution in [1.29, 1.82) is 0 Å². The first-order valence-corrected chi connectivity index (χ1v) is 8.60. The minimum atomic E-state index is -1.25. The first-order valence-electron chi connectivity index (χ1n) is 7.61. The highest BCUT2D eigenvalue weighted by molar-refractivity contribution is 8.13. The van der Waals surface area contributed by atoms with Gasteiger partial charge in [-0.15, -0.1) is 0 Å². The van der Waals surface area contributed by atoms with Crippen molar-refractivity contribution in [2.75, 3.05) is 18.8 Å². The highest BCUT2D eigenvalue weighted by Gasteiger charge is 2.34. The molecule has 0 spiro atoms. The van der Waals surface area contributed by atoms with Gasteiger partial charge in [-0.3, -0.25) is 9.59 Å². The number of thioether (sulfide) groups is 1. The lowest BCUT2D eigenvalue weighted by Gasteiger charge is -2.24. The molecule has 1 aliphatic rings. The van der Waals surface area contributed by atoms with Crippen LogP contribution >= 0.6 is 11.8 Å². The fraction of sp³-hybridized carbons (Fsp3) is 0.733. The molecule has 1 saturated heterocycles. The average molecular weight is 360 g/mol. The van der Waals surface area contributed by atoms with Crippen molar-refractivity contribution in [2.45, 2.75) is 45.8 Å². The zero-order valence-electron chi connectivity index (χ0n) is 14.3. The number of carboxylic acid groups (broad SMARTS) is 1. The molecule has 2 amide bonds. The van der Waals surface area contributed by atoms with E-state index in [4.69, 9.17) is 4.74 Å². The fourth-order valence-electron chi connectivity index (χ4n) is 2.23.